The molecule has 0 unspecified atom stereocenters. The first-order chi connectivity index (χ1) is 8.93. The van der Waals surface area contributed by atoms with Crippen molar-refractivity contribution in [2.24, 2.45) is 0 Å². The van der Waals surface area contributed by atoms with E-state index >= 15 is 0 Å². The first kappa shape index (κ1) is 18.3. The van der Waals surface area contributed by atoms with Crippen molar-refractivity contribution < 1.29 is 50.7 Å². The molecule has 3 aromatic carbocycles. The summed E-state index contributed by atoms with van der Waals surface area (Å²) in [5, 5.41) is 5.46. The van der Waals surface area contributed by atoms with Crippen LogP contribution in [0.5, 0.6) is 0 Å². The first-order valence-corrected chi connectivity index (χ1v) is 6.37. The standard InChI is InChI=1S/C18H13.2ClH.Hf/c1-2-7-13(6-1)15-10-5-11-17-16-9-4-3-8-14(16)12-18(15)17;;;/h1-6,8-12H,7H2;2*1H;/q-1;;;/p-2. The summed E-state index contributed by atoms with van der Waals surface area (Å²) in [6.45, 7) is 0. The Morgan fingerprint density at radius 3 is 2.38 bits per heavy atom. The molecule has 0 aliphatic heterocycles. The zero-order chi connectivity index (χ0) is 11.9. The summed E-state index contributed by atoms with van der Waals surface area (Å²) in [7, 11) is 0. The van der Waals surface area contributed by atoms with Crippen LogP contribution in [0.1, 0.15) is 12.0 Å². The fourth-order valence-corrected chi connectivity index (χ4v) is 2.91. The summed E-state index contributed by atoms with van der Waals surface area (Å²) in [5.41, 5.74) is 2.81. The molecular weight excluding hydrogens is 466 g/mol. The maximum atomic E-state index is 2.32. The molecule has 0 atom stereocenters. The molecule has 0 N–H and O–H groups in total. The Kier molecular flexibility index (Phi) is 6.52. The van der Waals surface area contributed by atoms with Gasteiger partial charge in [0.15, 0.2) is 0 Å². The second kappa shape index (κ2) is 7.49. The van der Waals surface area contributed by atoms with Crippen molar-refractivity contribution in [3.05, 3.63) is 72.3 Å². The average Bonchev–Trinajstić information content (AvgIpc) is 3.05. The van der Waals surface area contributed by atoms with Crippen LogP contribution < -0.4 is 24.8 Å². The van der Waals surface area contributed by atoms with Gasteiger partial charge in [-0.05, 0) is 6.42 Å². The fraction of sp³-hybridized carbons (Fsp3) is 0.0556. The third-order valence-electron chi connectivity index (χ3n) is 3.77. The molecule has 0 nitrogen and oxygen atoms in total. The largest absolute Gasteiger partial charge is 1.00 e. The van der Waals surface area contributed by atoms with Gasteiger partial charge in [-0.3, -0.25) is 0 Å². The molecule has 3 heteroatoms. The molecule has 0 heterocycles. The first-order valence-electron chi connectivity index (χ1n) is 6.37. The van der Waals surface area contributed by atoms with Gasteiger partial charge in [-0.15, -0.1) is 33.7 Å². The van der Waals surface area contributed by atoms with Crippen LogP contribution in [0, 0.1) is 0 Å². The van der Waals surface area contributed by atoms with Gasteiger partial charge in [0.1, 0.15) is 0 Å². The summed E-state index contributed by atoms with van der Waals surface area (Å²) < 4.78 is 0. The molecule has 0 aromatic heterocycles. The number of benzene rings is 2. The van der Waals surface area contributed by atoms with E-state index in [4.69, 9.17) is 0 Å². The van der Waals surface area contributed by atoms with Gasteiger partial charge in [-0.2, -0.15) is 0 Å². The Labute approximate surface area is 155 Å². The van der Waals surface area contributed by atoms with Crippen LogP contribution in [0.4, 0.5) is 0 Å². The molecule has 0 radical (unpaired) electrons. The molecule has 106 valence electrons. The number of allylic oxidation sites excluding steroid dienone is 4. The van der Waals surface area contributed by atoms with Crippen LogP contribution >= 0.6 is 0 Å². The Morgan fingerprint density at radius 2 is 1.62 bits per heavy atom. The van der Waals surface area contributed by atoms with E-state index in [9.17, 15) is 0 Å². The Hall–Kier alpha value is -0.760. The van der Waals surface area contributed by atoms with E-state index in [1.54, 1.807) is 0 Å². The van der Waals surface area contributed by atoms with Gasteiger partial charge in [0.2, 0.25) is 0 Å². The number of fused-ring (bicyclic) bond motifs is 3. The van der Waals surface area contributed by atoms with E-state index in [0.717, 1.165) is 6.42 Å². The zero-order valence-corrected chi connectivity index (χ0v) is 16.4. The van der Waals surface area contributed by atoms with E-state index in [0.29, 0.717) is 0 Å². The Morgan fingerprint density at radius 1 is 0.857 bits per heavy atom. The maximum absolute atomic E-state index is 2.32. The van der Waals surface area contributed by atoms with Crippen molar-refractivity contribution in [3.8, 4) is 0 Å². The minimum Gasteiger partial charge on any atom is -1.00 e. The molecule has 0 bridgehead atoms. The van der Waals surface area contributed by atoms with Crippen molar-refractivity contribution in [1.82, 2.24) is 0 Å². The number of halogens is 2. The molecule has 0 saturated heterocycles. The summed E-state index contributed by atoms with van der Waals surface area (Å²) in [5.74, 6) is 0. The van der Waals surface area contributed by atoms with Gasteiger partial charge in [0.05, 0.1) is 0 Å². The van der Waals surface area contributed by atoms with E-state index < -0.39 is 0 Å². The maximum Gasteiger partial charge on any atom is 0 e. The van der Waals surface area contributed by atoms with Gasteiger partial charge in [0, 0.05) is 25.8 Å². The Bertz CT molecular complexity index is 812. The van der Waals surface area contributed by atoms with Crippen molar-refractivity contribution >= 4 is 27.1 Å². The van der Waals surface area contributed by atoms with Gasteiger partial charge < -0.3 is 24.8 Å². The smallest absolute Gasteiger partial charge is 0 e. The molecule has 21 heavy (non-hydrogen) atoms. The second-order valence-electron chi connectivity index (χ2n) is 4.82. The van der Waals surface area contributed by atoms with Crippen LogP contribution in [0.3, 0.4) is 0 Å². The minimum absolute atomic E-state index is 0. The average molecular weight is 479 g/mol. The van der Waals surface area contributed by atoms with Crippen molar-refractivity contribution in [1.29, 1.82) is 0 Å². The van der Waals surface area contributed by atoms with Gasteiger partial charge in [-0.1, -0.05) is 65.8 Å². The number of hydrogen-bond donors (Lipinski definition) is 0. The molecule has 1 aliphatic carbocycles. The molecule has 4 rings (SSSR count). The third-order valence-corrected chi connectivity index (χ3v) is 3.77. The Balaban J connectivity index is 0.000000735. The van der Waals surface area contributed by atoms with Gasteiger partial charge in [0.25, 0.3) is 0 Å². The summed E-state index contributed by atoms with van der Waals surface area (Å²) in [4.78, 5) is 0. The van der Waals surface area contributed by atoms with Crippen molar-refractivity contribution in [2.75, 3.05) is 0 Å². The second-order valence-corrected chi connectivity index (χ2v) is 4.82. The molecule has 0 fully saturated rings. The van der Waals surface area contributed by atoms with Crippen molar-refractivity contribution in [3.63, 3.8) is 0 Å². The van der Waals surface area contributed by atoms with Crippen LogP contribution in [-0.2, 0) is 25.8 Å². The van der Waals surface area contributed by atoms with E-state index in [-0.39, 0.29) is 50.7 Å². The molecule has 0 amide bonds. The SMILES string of the molecule is C1=CCC(c2cccc3c2[cH-]c2ccccc23)=C1.[Cl-].[Cl-].[Hf]. The van der Waals surface area contributed by atoms with Gasteiger partial charge >= 0.3 is 0 Å². The van der Waals surface area contributed by atoms with Gasteiger partial charge in [-0.25, -0.2) is 0 Å². The number of rotatable bonds is 1. The van der Waals surface area contributed by atoms with Crippen LogP contribution in [0.25, 0.3) is 27.1 Å². The van der Waals surface area contributed by atoms with Crippen LogP contribution in [-0.4, -0.2) is 0 Å². The predicted molar refractivity (Wildman–Crippen MR) is 78.8 cm³/mol. The normalized spacial score (nSPS) is 12.5. The predicted octanol–water partition coefficient (Wildman–Crippen LogP) is -0.939. The molecule has 1 aliphatic rings. The summed E-state index contributed by atoms with van der Waals surface area (Å²) in [6.07, 6.45) is 7.65. The van der Waals surface area contributed by atoms with Crippen LogP contribution in [0.2, 0.25) is 0 Å². The minimum atomic E-state index is 0. The van der Waals surface area contributed by atoms with E-state index in [1.807, 2.05) is 0 Å². The van der Waals surface area contributed by atoms with E-state index in [2.05, 4.69) is 66.8 Å². The van der Waals surface area contributed by atoms with Crippen molar-refractivity contribution in [2.45, 2.75) is 6.42 Å². The van der Waals surface area contributed by atoms with E-state index in [1.165, 1.54) is 32.7 Å². The topological polar surface area (TPSA) is 0 Å². The molecular formula is C18H13Cl2Hf-3. The number of hydrogen-bond acceptors (Lipinski definition) is 0. The monoisotopic (exact) mass is 479 g/mol. The quantitative estimate of drug-likeness (QED) is 0.313. The molecule has 0 spiro atoms. The zero-order valence-electron chi connectivity index (χ0n) is 11.3. The molecule has 3 aromatic rings. The summed E-state index contributed by atoms with van der Waals surface area (Å²) >= 11 is 0. The van der Waals surface area contributed by atoms with Crippen LogP contribution in [0.15, 0.2) is 66.8 Å². The molecule has 0 saturated carbocycles. The summed E-state index contributed by atoms with van der Waals surface area (Å²) in [6, 6.07) is 17.6. The third kappa shape index (κ3) is 3.06. The fourth-order valence-electron chi connectivity index (χ4n) is 2.91.